The Balaban J connectivity index is 3.43. The van der Waals surface area contributed by atoms with Gasteiger partial charge in [0.25, 0.3) is 0 Å². The van der Waals surface area contributed by atoms with Crippen LogP contribution in [0.1, 0.15) is 20.8 Å². The quantitative estimate of drug-likeness (QED) is 0.593. The zero-order valence-corrected chi connectivity index (χ0v) is 9.81. The molecular weight excluding hydrogens is 196 g/mol. The number of rotatable bonds is 9. The third-order valence-electron chi connectivity index (χ3n) is 1.69. The molecule has 0 amide bonds. The predicted molar refractivity (Wildman–Crippen MR) is 58.7 cm³/mol. The Morgan fingerprint density at radius 3 is 2.13 bits per heavy atom. The highest BCUT2D eigenvalue weighted by Crippen LogP contribution is 1.98. The summed E-state index contributed by atoms with van der Waals surface area (Å²) < 4.78 is 15.8. The maximum absolute atomic E-state index is 9.00. The van der Waals surface area contributed by atoms with Crippen molar-refractivity contribution in [1.29, 1.82) is 0 Å². The fourth-order valence-electron chi connectivity index (χ4n) is 0.903. The maximum Gasteiger partial charge on any atom is 0.113 e. The molecule has 0 aromatic rings. The lowest BCUT2D eigenvalue weighted by Gasteiger charge is -2.17. The summed E-state index contributed by atoms with van der Waals surface area (Å²) in [7, 11) is 0. The van der Waals surface area contributed by atoms with E-state index in [0.717, 1.165) is 0 Å². The average molecular weight is 218 g/mol. The topological polar surface area (TPSA) is 47.9 Å². The first-order valence-electron chi connectivity index (χ1n) is 5.20. The van der Waals surface area contributed by atoms with E-state index in [0.29, 0.717) is 19.8 Å². The molecule has 3 unspecified atom stereocenters. The maximum atomic E-state index is 9.00. The van der Waals surface area contributed by atoms with Crippen molar-refractivity contribution in [2.24, 2.45) is 0 Å². The molecule has 4 heteroatoms. The van der Waals surface area contributed by atoms with E-state index in [-0.39, 0.29) is 12.2 Å². The van der Waals surface area contributed by atoms with Crippen LogP contribution in [-0.4, -0.2) is 43.2 Å². The van der Waals surface area contributed by atoms with Gasteiger partial charge >= 0.3 is 0 Å². The number of aliphatic hydroxyl groups is 1. The molecule has 90 valence electrons. The first-order chi connectivity index (χ1) is 7.06. The third kappa shape index (κ3) is 9.72. The van der Waals surface area contributed by atoms with Crippen LogP contribution in [0.4, 0.5) is 0 Å². The zero-order chi connectivity index (χ0) is 11.7. The van der Waals surface area contributed by atoms with E-state index in [1.807, 2.05) is 13.8 Å². The smallest absolute Gasteiger partial charge is 0.113 e. The molecule has 0 bridgehead atoms. The molecule has 0 aliphatic rings. The van der Waals surface area contributed by atoms with E-state index in [4.69, 9.17) is 19.3 Å². The van der Waals surface area contributed by atoms with E-state index in [2.05, 4.69) is 6.58 Å². The number of ether oxygens (including phenoxy) is 3. The van der Waals surface area contributed by atoms with Gasteiger partial charge in [-0.15, -0.1) is 0 Å². The van der Waals surface area contributed by atoms with Gasteiger partial charge in [-0.25, -0.2) is 0 Å². The molecule has 0 spiro atoms. The summed E-state index contributed by atoms with van der Waals surface area (Å²) in [5.41, 5.74) is 0. The first kappa shape index (κ1) is 14.4. The predicted octanol–water partition coefficient (Wildman–Crippen LogP) is 1.34. The van der Waals surface area contributed by atoms with Crippen LogP contribution in [0.2, 0.25) is 0 Å². The van der Waals surface area contributed by atoms with Crippen LogP contribution in [0.15, 0.2) is 12.8 Å². The second-order valence-electron chi connectivity index (χ2n) is 3.64. The molecule has 0 aromatic carbocycles. The van der Waals surface area contributed by atoms with Crippen LogP contribution >= 0.6 is 0 Å². The second-order valence-corrected chi connectivity index (χ2v) is 3.64. The van der Waals surface area contributed by atoms with Gasteiger partial charge in [-0.3, -0.25) is 0 Å². The van der Waals surface area contributed by atoms with Crippen LogP contribution in [-0.2, 0) is 14.2 Å². The van der Waals surface area contributed by atoms with E-state index in [9.17, 15) is 0 Å². The second kappa shape index (κ2) is 8.71. The van der Waals surface area contributed by atoms with Crippen LogP contribution in [0.3, 0.4) is 0 Å². The van der Waals surface area contributed by atoms with Gasteiger partial charge in [-0.05, 0) is 20.8 Å². The van der Waals surface area contributed by atoms with Crippen molar-refractivity contribution < 1.29 is 19.3 Å². The van der Waals surface area contributed by atoms with Crippen molar-refractivity contribution in [2.75, 3.05) is 19.8 Å². The monoisotopic (exact) mass is 218 g/mol. The van der Waals surface area contributed by atoms with Crippen LogP contribution < -0.4 is 0 Å². The molecule has 0 aliphatic carbocycles. The Morgan fingerprint density at radius 2 is 1.60 bits per heavy atom. The van der Waals surface area contributed by atoms with Crippen molar-refractivity contribution in [2.45, 2.75) is 39.1 Å². The minimum absolute atomic E-state index is 0.0144. The van der Waals surface area contributed by atoms with Gasteiger partial charge < -0.3 is 19.3 Å². The highest BCUT2D eigenvalue weighted by Gasteiger charge is 2.08. The summed E-state index contributed by atoms with van der Waals surface area (Å²) in [5, 5.41) is 9.00. The minimum Gasteiger partial charge on any atom is -0.499 e. The Kier molecular flexibility index (Phi) is 8.37. The van der Waals surface area contributed by atoms with E-state index >= 15 is 0 Å². The molecule has 4 nitrogen and oxygen atoms in total. The molecule has 0 radical (unpaired) electrons. The molecule has 0 saturated heterocycles. The fourth-order valence-corrected chi connectivity index (χ4v) is 0.903. The highest BCUT2D eigenvalue weighted by molar-refractivity contribution is 4.56. The molecule has 1 N–H and O–H groups in total. The highest BCUT2D eigenvalue weighted by atomic mass is 16.6. The van der Waals surface area contributed by atoms with Gasteiger partial charge in [-0.1, -0.05) is 6.58 Å². The summed E-state index contributed by atoms with van der Waals surface area (Å²) in [6.07, 6.45) is 0.952. The Hall–Kier alpha value is -0.580. The lowest BCUT2D eigenvalue weighted by molar-refractivity contribution is -0.0630. The van der Waals surface area contributed by atoms with Crippen molar-refractivity contribution >= 4 is 0 Å². The van der Waals surface area contributed by atoms with E-state index in [1.165, 1.54) is 6.26 Å². The number of hydrogen-bond donors (Lipinski definition) is 1. The van der Waals surface area contributed by atoms with Crippen molar-refractivity contribution in [1.82, 2.24) is 0 Å². The first-order valence-corrected chi connectivity index (χ1v) is 5.20. The van der Waals surface area contributed by atoms with Crippen molar-refractivity contribution in [3.05, 3.63) is 12.8 Å². The molecule has 0 rings (SSSR count). The molecule has 0 aliphatic heterocycles. The molecule has 0 fully saturated rings. The van der Waals surface area contributed by atoms with Gasteiger partial charge in [0.2, 0.25) is 0 Å². The van der Waals surface area contributed by atoms with Crippen LogP contribution in [0.5, 0.6) is 0 Å². The molecular formula is C11H22O4. The molecule has 15 heavy (non-hydrogen) atoms. The summed E-state index contributed by atoms with van der Waals surface area (Å²) in [6, 6.07) is 0. The SMILES string of the molecule is C=COCC(C)OCC(C)OCC(C)O. The molecule has 3 atom stereocenters. The Labute approximate surface area is 91.8 Å². The van der Waals surface area contributed by atoms with E-state index in [1.54, 1.807) is 6.92 Å². The Morgan fingerprint density at radius 1 is 1.07 bits per heavy atom. The van der Waals surface area contributed by atoms with Gasteiger partial charge in [-0.2, -0.15) is 0 Å². The van der Waals surface area contributed by atoms with Gasteiger partial charge in [0.05, 0.1) is 37.8 Å². The summed E-state index contributed by atoms with van der Waals surface area (Å²) >= 11 is 0. The standard InChI is InChI=1S/C11H22O4/c1-5-13-7-10(3)15-8-11(4)14-6-9(2)12/h5,9-12H,1,6-8H2,2-4H3. The van der Waals surface area contributed by atoms with Crippen LogP contribution in [0, 0.1) is 0 Å². The molecule has 0 saturated carbocycles. The van der Waals surface area contributed by atoms with Crippen molar-refractivity contribution in [3.8, 4) is 0 Å². The lowest BCUT2D eigenvalue weighted by atomic mass is 10.4. The summed E-state index contributed by atoms with van der Waals surface area (Å²) in [6.45, 7) is 10.3. The van der Waals surface area contributed by atoms with Gasteiger partial charge in [0, 0.05) is 0 Å². The normalized spacial score (nSPS) is 16.8. The largest absolute Gasteiger partial charge is 0.499 e. The summed E-state index contributed by atoms with van der Waals surface area (Å²) in [4.78, 5) is 0. The Bertz CT molecular complexity index is 159. The molecule has 0 aromatic heterocycles. The lowest BCUT2D eigenvalue weighted by Crippen LogP contribution is -2.25. The van der Waals surface area contributed by atoms with Gasteiger partial charge in [0.1, 0.15) is 6.61 Å². The number of aliphatic hydroxyl groups excluding tert-OH is 1. The van der Waals surface area contributed by atoms with Crippen molar-refractivity contribution in [3.63, 3.8) is 0 Å². The molecule has 0 heterocycles. The zero-order valence-electron chi connectivity index (χ0n) is 9.81. The van der Waals surface area contributed by atoms with Crippen LogP contribution in [0.25, 0.3) is 0 Å². The third-order valence-corrected chi connectivity index (χ3v) is 1.69. The summed E-state index contributed by atoms with van der Waals surface area (Å²) in [5.74, 6) is 0. The average Bonchev–Trinajstić information content (AvgIpc) is 2.20. The fraction of sp³-hybridized carbons (Fsp3) is 0.818. The van der Waals surface area contributed by atoms with Gasteiger partial charge in [0.15, 0.2) is 0 Å². The number of hydrogen-bond acceptors (Lipinski definition) is 4. The van der Waals surface area contributed by atoms with E-state index < -0.39 is 6.10 Å². The minimum atomic E-state index is -0.436.